The smallest absolute Gasteiger partial charge is 0.251 e. The van der Waals surface area contributed by atoms with Gasteiger partial charge in [0.15, 0.2) is 9.84 Å². The van der Waals surface area contributed by atoms with Gasteiger partial charge in [-0.3, -0.25) is 4.79 Å². The number of carbonyl (C=O) groups is 1. The highest BCUT2D eigenvalue weighted by molar-refractivity contribution is 7.91. The van der Waals surface area contributed by atoms with Crippen molar-refractivity contribution in [2.24, 2.45) is 5.73 Å². The minimum Gasteiger partial charge on any atom is -0.348 e. The van der Waals surface area contributed by atoms with E-state index in [1.165, 1.54) is 0 Å². The summed E-state index contributed by atoms with van der Waals surface area (Å²) in [5.74, 6) is 0.0587. The van der Waals surface area contributed by atoms with Crippen molar-refractivity contribution in [1.82, 2.24) is 5.32 Å². The van der Waals surface area contributed by atoms with Crippen LogP contribution in [0.25, 0.3) is 0 Å². The second kappa shape index (κ2) is 6.37. The number of rotatable bonds is 4. The van der Waals surface area contributed by atoms with Crippen molar-refractivity contribution in [3.05, 3.63) is 35.4 Å². The van der Waals surface area contributed by atoms with Gasteiger partial charge in [-0.2, -0.15) is 0 Å². The summed E-state index contributed by atoms with van der Waals surface area (Å²) in [6.45, 7) is 0.575. The molecule has 0 radical (unpaired) electrons. The molecule has 0 saturated carbocycles. The molecule has 0 aromatic heterocycles. The average Bonchev–Trinajstić information content (AvgIpc) is 2.38. The molecule has 1 aromatic rings. The minimum atomic E-state index is -3.00. The van der Waals surface area contributed by atoms with Crippen LogP contribution in [-0.4, -0.2) is 38.4 Å². The first-order valence-corrected chi connectivity index (χ1v) is 8.62. The van der Waals surface area contributed by atoms with Crippen LogP contribution in [0, 0.1) is 0 Å². The maximum Gasteiger partial charge on any atom is 0.251 e. The highest BCUT2D eigenvalue weighted by Gasteiger charge is 2.26. The Morgan fingerprint density at radius 2 is 2.00 bits per heavy atom. The fraction of sp³-hybridized carbons (Fsp3) is 0.500. The van der Waals surface area contributed by atoms with Crippen LogP contribution in [0.3, 0.4) is 0 Å². The predicted molar refractivity (Wildman–Crippen MR) is 78.3 cm³/mol. The molecule has 1 heterocycles. The fourth-order valence-corrected chi connectivity index (χ4v) is 4.03. The SMILES string of the molecule is NCCc1ccc(C(=O)NC2CCCS(=O)(=O)C2)cc1. The molecular weight excluding hydrogens is 276 g/mol. The number of carbonyl (C=O) groups excluding carboxylic acids is 1. The first-order valence-electron chi connectivity index (χ1n) is 6.80. The monoisotopic (exact) mass is 296 g/mol. The van der Waals surface area contributed by atoms with Crippen molar-refractivity contribution >= 4 is 15.7 Å². The van der Waals surface area contributed by atoms with Gasteiger partial charge in [0, 0.05) is 11.6 Å². The zero-order valence-corrected chi connectivity index (χ0v) is 12.2. The third-order valence-corrected chi connectivity index (χ3v) is 5.27. The quantitative estimate of drug-likeness (QED) is 0.846. The maximum atomic E-state index is 12.1. The Hall–Kier alpha value is -1.40. The van der Waals surface area contributed by atoms with E-state index in [2.05, 4.69) is 5.32 Å². The number of nitrogens with two attached hydrogens (primary N) is 1. The molecule has 1 aromatic carbocycles. The molecule has 1 aliphatic rings. The predicted octanol–water partition coefficient (Wildman–Crippen LogP) is 0.495. The molecular formula is C14H20N2O3S. The van der Waals surface area contributed by atoms with E-state index in [0.717, 1.165) is 18.4 Å². The van der Waals surface area contributed by atoms with Crippen molar-refractivity contribution in [3.8, 4) is 0 Å². The molecule has 2 rings (SSSR count). The van der Waals surface area contributed by atoms with Crippen molar-refractivity contribution in [1.29, 1.82) is 0 Å². The molecule has 110 valence electrons. The third-order valence-electron chi connectivity index (χ3n) is 3.45. The van der Waals surface area contributed by atoms with E-state index in [9.17, 15) is 13.2 Å². The summed E-state index contributed by atoms with van der Waals surface area (Å²) in [6, 6.07) is 6.97. The van der Waals surface area contributed by atoms with Crippen LogP contribution < -0.4 is 11.1 Å². The molecule has 1 unspecified atom stereocenters. The van der Waals surface area contributed by atoms with Crippen LogP contribution in [0.5, 0.6) is 0 Å². The van der Waals surface area contributed by atoms with Gasteiger partial charge in [0.05, 0.1) is 11.5 Å². The van der Waals surface area contributed by atoms with Crippen molar-refractivity contribution in [2.45, 2.75) is 25.3 Å². The Morgan fingerprint density at radius 3 is 2.60 bits per heavy atom. The number of amides is 1. The molecule has 6 heteroatoms. The van der Waals surface area contributed by atoms with Crippen molar-refractivity contribution in [2.75, 3.05) is 18.1 Å². The summed E-state index contributed by atoms with van der Waals surface area (Å²) in [5, 5.41) is 2.80. The normalized spacial score (nSPS) is 21.4. The highest BCUT2D eigenvalue weighted by atomic mass is 32.2. The largest absolute Gasteiger partial charge is 0.348 e. The van der Waals surface area contributed by atoms with Crippen LogP contribution in [-0.2, 0) is 16.3 Å². The average molecular weight is 296 g/mol. The van der Waals surface area contributed by atoms with Gasteiger partial charge in [0.2, 0.25) is 0 Å². The van der Waals surface area contributed by atoms with E-state index in [4.69, 9.17) is 5.73 Å². The molecule has 0 aliphatic carbocycles. The lowest BCUT2D eigenvalue weighted by molar-refractivity contribution is 0.0938. The van der Waals surface area contributed by atoms with Crippen LogP contribution in [0.4, 0.5) is 0 Å². The first kappa shape index (κ1) is 15.0. The topological polar surface area (TPSA) is 89.3 Å². The van der Waals surface area contributed by atoms with Crippen molar-refractivity contribution in [3.63, 3.8) is 0 Å². The lowest BCUT2D eigenvalue weighted by Crippen LogP contribution is -2.43. The molecule has 1 saturated heterocycles. The van der Waals surface area contributed by atoms with Gasteiger partial charge < -0.3 is 11.1 Å². The maximum absolute atomic E-state index is 12.1. The van der Waals surface area contributed by atoms with Gasteiger partial charge in [-0.05, 0) is 43.5 Å². The number of benzene rings is 1. The van der Waals surface area contributed by atoms with Crippen LogP contribution in [0.15, 0.2) is 24.3 Å². The third kappa shape index (κ3) is 4.05. The highest BCUT2D eigenvalue weighted by Crippen LogP contribution is 2.13. The van der Waals surface area contributed by atoms with Gasteiger partial charge in [0.25, 0.3) is 5.91 Å². The molecule has 3 N–H and O–H groups in total. The molecule has 20 heavy (non-hydrogen) atoms. The summed E-state index contributed by atoms with van der Waals surface area (Å²) in [4.78, 5) is 12.1. The van der Waals surface area contributed by atoms with Gasteiger partial charge in [-0.1, -0.05) is 12.1 Å². The molecule has 5 nitrogen and oxygen atoms in total. The summed E-state index contributed by atoms with van der Waals surface area (Å²) in [7, 11) is -3.00. The Balaban J connectivity index is 1.97. The van der Waals surface area contributed by atoms with Crippen LogP contribution >= 0.6 is 0 Å². The molecule has 0 spiro atoms. The minimum absolute atomic E-state index is 0.0456. The van der Waals surface area contributed by atoms with E-state index in [1.54, 1.807) is 12.1 Å². The van der Waals surface area contributed by atoms with Gasteiger partial charge in [-0.25, -0.2) is 8.42 Å². The summed E-state index contributed by atoms with van der Waals surface area (Å²) in [5.41, 5.74) is 7.11. The van der Waals surface area contributed by atoms with Gasteiger partial charge in [0.1, 0.15) is 0 Å². The Labute approximate surface area is 119 Å². The first-order chi connectivity index (χ1) is 9.50. The number of hydrogen-bond acceptors (Lipinski definition) is 4. The van der Waals surface area contributed by atoms with E-state index in [1.807, 2.05) is 12.1 Å². The summed E-state index contributed by atoms with van der Waals surface area (Å²) < 4.78 is 23.1. The van der Waals surface area contributed by atoms with E-state index >= 15 is 0 Å². The lowest BCUT2D eigenvalue weighted by atomic mass is 10.1. The van der Waals surface area contributed by atoms with Gasteiger partial charge in [-0.15, -0.1) is 0 Å². The standard InChI is InChI=1S/C14H20N2O3S/c15-8-7-11-3-5-12(6-4-11)14(17)16-13-2-1-9-20(18,19)10-13/h3-6,13H,1-2,7-10,15H2,(H,16,17). The summed E-state index contributed by atoms with van der Waals surface area (Å²) >= 11 is 0. The van der Waals surface area contributed by atoms with E-state index in [0.29, 0.717) is 18.5 Å². The van der Waals surface area contributed by atoms with Crippen molar-refractivity contribution < 1.29 is 13.2 Å². The number of hydrogen-bond donors (Lipinski definition) is 2. The van der Waals surface area contributed by atoms with E-state index in [-0.39, 0.29) is 23.5 Å². The molecule has 1 atom stereocenters. The zero-order chi connectivity index (χ0) is 14.6. The second-order valence-corrected chi connectivity index (χ2v) is 7.39. The lowest BCUT2D eigenvalue weighted by Gasteiger charge is -2.23. The van der Waals surface area contributed by atoms with Crippen LogP contribution in [0.2, 0.25) is 0 Å². The second-order valence-electron chi connectivity index (χ2n) is 5.16. The number of nitrogens with one attached hydrogen (secondary N) is 1. The zero-order valence-electron chi connectivity index (χ0n) is 11.3. The Kier molecular flexibility index (Phi) is 4.77. The Morgan fingerprint density at radius 1 is 1.30 bits per heavy atom. The molecule has 0 bridgehead atoms. The molecule has 1 fully saturated rings. The van der Waals surface area contributed by atoms with Gasteiger partial charge >= 0.3 is 0 Å². The molecule has 1 aliphatic heterocycles. The number of sulfone groups is 1. The fourth-order valence-electron chi connectivity index (χ4n) is 2.39. The Bertz CT molecular complexity index is 567. The molecule has 1 amide bonds. The van der Waals surface area contributed by atoms with E-state index < -0.39 is 9.84 Å². The van der Waals surface area contributed by atoms with Crippen LogP contribution in [0.1, 0.15) is 28.8 Å². The summed E-state index contributed by atoms with van der Waals surface area (Å²) in [6.07, 6.45) is 2.11.